The van der Waals surface area contributed by atoms with Crippen LogP contribution in [0.3, 0.4) is 0 Å². The van der Waals surface area contributed by atoms with Crippen LogP contribution in [0.1, 0.15) is 37.7 Å². The molecule has 0 bridgehead atoms. The van der Waals surface area contributed by atoms with E-state index in [-0.39, 0.29) is 23.7 Å². The van der Waals surface area contributed by atoms with Crippen LogP contribution in [0.4, 0.5) is 4.39 Å². The second kappa shape index (κ2) is 5.52. The van der Waals surface area contributed by atoms with Crippen LogP contribution in [-0.4, -0.2) is 22.9 Å². The van der Waals surface area contributed by atoms with Crippen molar-refractivity contribution < 1.29 is 9.18 Å². The van der Waals surface area contributed by atoms with Crippen molar-refractivity contribution in [2.24, 2.45) is 11.7 Å². The van der Waals surface area contributed by atoms with Crippen LogP contribution in [0.25, 0.3) is 0 Å². The summed E-state index contributed by atoms with van der Waals surface area (Å²) in [6.07, 6.45) is 4.99. The number of halogens is 1. The van der Waals surface area contributed by atoms with Gasteiger partial charge in [-0.1, -0.05) is 18.6 Å². The highest BCUT2D eigenvalue weighted by Gasteiger charge is 2.39. The number of benzene rings is 1. The summed E-state index contributed by atoms with van der Waals surface area (Å²) in [7, 11) is 0. The van der Waals surface area contributed by atoms with Gasteiger partial charge >= 0.3 is 0 Å². The van der Waals surface area contributed by atoms with E-state index in [9.17, 15) is 9.18 Å². The predicted molar refractivity (Wildman–Crippen MR) is 75.3 cm³/mol. The van der Waals surface area contributed by atoms with E-state index in [2.05, 4.69) is 0 Å². The van der Waals surface area contributed by atoms with E-state index >= 15 is 0 Å². The molecule has 1 aromatic carbocycles. The molecule has 2 saturated carbocycles. The molecule has 3 nitrogen and oxygen atoms in total. The fraction of sp³-hybridized carbons (Fsp3) is 0.562. The Kier molecular flexibility index (Phi) is 3.74. The van der Waals surface area contributed by atoms with Gasteiger partial charge in [-0.2, -0.15) is 0 Å². The van der Waals surface area contributed by atoms with E-state index in [0.717, 1.165) is 37.7 Å². The van der Waals surface area contributed by atoms with Crippen molar-refractivity contribution in [2.45, 2.75) is 50.7 Å². The Bertz CT molecular complexity index is 501. The van der Waals surface area contributed by atoms with Gasteiger partial charge in [-0.15, -0.1) is 0 Å². The van der Waals surface area contributed by atoms with Crippen LogP contribution >= 0.6 is 0 Å². The minimum atomic E-state index is -0.247. The molecule has 2 fully saturated rings. The summed E-state index contributed by atoms with van der Waals surface area (Å²) in [6, 6.07) is 6.84. The first kappa shape index (κ1) is 13.6. The molecule has 2 aliphatic rings. The summed E-state index contributed by atoms with van der Waals surface area (Å²) in [5, 5.41) is 0. The monoisotopic (exact) mass is 276 g/mol. The van der Waals surface area contributed by atoms with Gasteiger partial charge < -0.3 is 10.6 Å². The summed E-state index contributed by atoms with van der Waals surface area (Å²) in [5.41, 5.74) is 6.91. The third kappa shape index (κ3) is 2.85. The molecule has 20 heavy (non-hydrogen) atoms. The summed E-state index contributed by atoms with van der Waals surface area (Å²) in [4.78, 5) is 14.6. The van der Waals surface area contributed by atoms with Gasteiger partial charge in [-0.25, -0.2) is 4.39 Å². The van der Waals surface area contributed by atoms with Crippen LogP contribution in [-0.2, 0) is 11.3 Å². The zero-order chi connectivity index (χ0) is 14.1. The van der Waals surface area contributed by atoms with Crippen molar-refractivity contribution in [3.8, 4) is 0 Å². The first-order chi connectivity index (χ1) is 9.65. The molecule has 0 radical (unpaired) electrons. The molecule has 0 aliphatic heterocycles. The van der Waals surface area contributed by atoms with Gasteiger partial charge in [-0.05, 0) is 43.4 Å². The lowest BCUT2D eigenvalue weighted by molar-refractivity contribution is -0.137. The second-order valence-corrected chi connectivity index (χ2v) is 6.03. The number of amides is 1. The van der Waals surface area contributed by atoms with Gasteiger partial charge in [0.25, 0.3) is 0 Å². The summed E-state index contributed by atoms with van der Waals surface area (Å²) in [6.45, 7) is 0.504. The highest BCUT2D eigenvalue weighted by Crippen LogP contribution is 2.33. The highest BCUT2D eigenvalue weighted by molar-refractivity contribution is 5.80. The van der Waals surface area contributed by atoms with E-state index in [4.69, 9.17) is 5.73 Å². The molecule has 3 rings (SSSR count). The Morgan fingerprint density at radius 1 is 1.30 bits per heavy atom. The molecule has 2 unspecified atom stereocenters. The maximum Gasteiger partial charge on any atom is 0.227 e. The quantitative estimate of drug-likeness (QED) is 0.918. The normalized spacial score (nSPS) is 25.7. The number of hydrogen-bond acceptors (Lipinski definition) is 2. The zero-order valence-electron chi connectivity index (χ0n) is 11.6. The molecule has 1 aromatic rings. The van der Waals surface area contributed by atoms with E-state index in [0.29, 0.717) is 12.6 Å². The Hall–Kier alpha value is -1.42. The topological polar surface area (TPSA) is 46.3 Å². The van der Waals surface area contributed by atoms with Crippen molar-refractivity contribution >= 4 is 5.91 Å². The molecule has 2 aliphatic carbocycles. The molecule has 0 aromatic heterocycles. The third-order valence-corrected chi connectivity index (χ3v) is 4.40. The number of carbonyl (C=O) groups is 1. The van der Waals surface area contributed by atoms with Crippen molar-refractivity contribution in [1.82, 2.24) is 4.90 Å². The predicted octanol–water partition coefficient (Wildman–Crippen LogP) is 2.44. The molecule has 4 heteroatoms. The van der Waals surface area contributed by atoms with E-state index in [1.807, 2.05) is 11.0 Å². The average Bonchev–Trinajstić information content (AvgIpc) is 3.17. The maximum atomic E-state index is 13.3. The molecule has 2 N–H and O–H groups in total. The molecule has 108 valence electrons. The molecule has 2 atom stereocenters. The average molecular weight is 276 g/mol. The van der Waals surface area contributed by atoms with Gasteiger partial charge in [0.2, 0.25) is 5.91 Å². The SMILES string of the molecule is NC1CCCC1C(=O)N(Cc1cccc(F)c1)C1CC1. The highest BCUT2D eigenvalue weighted by atomic mass is 19.1. The summed E-state index contributed by atoms with van der Waals surface area (Å²) >= 11 is 0. The molecular weight excluding hydrogens is 255 g/mol. The van der Waals surface area contributed by atoms with Crippen molar-refractivity contribution in [3.05, 3.63) is 35.6 Å². The lowest BCUT2D eigenvalue weighted by Crippen LogP contribution is -2.42. The Balaban J connectivity index is 1.74. The lowest BCUT2D eigenvalue weighted by Gasteiger charge is -2.27. The van der Waals surface area contributed by atoms with Crippen LogP contribution in [0.2, 0.25) is 0 Å². The second-order valence-electron chi connectivity index (χ2n) is 6.03. The van der Waals surface area contributed by atoms with Gasteiger partial charge in [-0.3, -0.25) is 4.79 Å². The molecule has 0 spiro atoms. The number of rotatable bonds is 4. The van der Waals surface area contributed by atoms with Crippen LogP contribution < -0.4 is 5.73 Å². The minimum absolute atomic E-state index is 0.00346. The Morgan fingerprint density at radius 3 is 2.70 bits per heavy atom. The fourth-order valence-corrected chi connectivity index (χ4v) is 3.11. The molecular formula is C16H21FN2O. The summed E-state index contributed by atoms with van der Waals surface area (Å²) < 4.78 is 13.3. The largest absolute Gasteiger partial charge is 0.335 e. The maximum absolute atomic E-state index is 13.3. The van der Waals surface area contributed by atoms with Crippen LogP contribution in [0.5, 0.6) is 0 Å². The molecule has 0 saturated heterocycles. The van der Waals surface area contributed by atoms with Gasteiger partial charge in [0.15, 0.2) is 0 Å². The third-order valence-electron chi connectivity index (χ3n) is 4.40. The Labute approximate surface area is 118 Å². The number of nitrogens with zero attached hydrogens (tertiary/aromatic N) is 1. The summed E-state index contributed by atoms with van der Waals surface area (Å²) in [5.74, 6) is -0.116. The smallest absolute Gasteiger partial charge is 0.227 e. The van der Waals surface area contributed by atoms with E-state index in [1.54, 1.807) is 6.07 Å². The number of carbonyl (C=O) groups excluding carboxylic acids is 1. The van der Waals surface area contributed by atoms with Crippen molar-refractivity contribution in [1.29, 1.82) is 0 Å². The van der Waals surface area contributed by atoms with Gasteiger partial charge in [0.05, 0.1) is 5.92 Å². The first-order valence-corrected chi connectivity index (χ1v) is 7.45. The van der Waals surface area contributed by atoms with E-state index < -0.39 is 0 Å². The number of hydrogen-bond donors (Lipinski definition) is 1. The molecule has 1 amide bonds. The van der Waals surface area contributed by atoms with Gasteiger partial charge in [0.1, 0.15) is 5.82 Å². The standard InChI is InChI=1S/C16H21FN2O/c17-12-4-1-3-11(9-12)10-19(13-7-8-13)16(20)14-5-2-6-15(14)18/h1,3-4,9,13-15H,2,5-8,10,18H2. The molecule has 0 heterocycles. The fourth-order valence-electron chi connectivity index (χ4n) is 3.11. The zero-order valence-corrected chi connectivity index (χ0v) is 11.6. The Morgan fingerprint density at radius 2 is 2.10 bits per heavy atom. The van der Waals surface area contributed by atoms with Crippen molar-refractivity contribution in [2.75, 3.05) is 0 Å². The van der Waals surface area contributed by atoms with Crippen molar-refractivity contribution in [3.63, 3.8) is 0 Å². The first-order valence-electron chi connectivity index (χ1n) is 7.45. The lowest BCUT2D eigenvalue weighted by atomic mass is 10.0. The van der Waals surface area contributed by atoms with E-state index in [1.165, 1.54) is 12.1 Å². The minimum Gasteiger partial charge on any atom is -0.335 e. The van der Waals surface area contributed by atoms with Crippen LogP contribution in [0, 0.1) is 11.7 Å². The number of nitrogens with two attached hydrogens (primary N) is 1. The van der Waals surface area contributed by atoms with Gasteiger partial charge in [0, 0.05) is 18.6 Å². The van der Waals surface area contributed by atoms with Crippen LogP contribution in [0.15, 0.2) is 24.3 Å².